The highest BCUT2D eigenvalue weighted by Crippen LogP contribution is 2.32. The van der Waals surface area contributed by atoms with Crippen LogP contribution in [0.2, 0.25) is 5.02 Å². The van der Waals surface area contributed by atoms with E-state index in [4.69, 9.17) is 11.6 Å². The Bertz CT molecular complexity index is 989. The second kappa shape index (κ2) is 8.32. The molecule has 6 nitrogen and oxygen atoms in total. The lowest BCUT2D eigenvalue weighted by Crippen LogP contribution is -2.49. The van der Waals surface area contributed by atoms with Crippen molar-refractivity contribution in [2.24, 2.45) is 0 Å². The number of aromatic nitrogens is 4. The van der Waals surface area contributed by atoms with Crippen molar-refractivity contribution in [3.63, 3.8) is 0 Å². The van der Waals surface area contributed by atoms with Crippen molar-refractivity contribution in [3.05, 3.63) is 70.8 Å². The van der Waals surface area contributed by atoms with Crippen molar-refractivity contribution in [1.29, 1.82) is 0 Å². The summed E-state index contributed by atoms with van der Waals surface area (Å²) in [4.78, 5) is 4.45. The van der Waals surface area contributed by atoms with E-state index in [9.17, 15) is 4.39 Å². The Hall–Kier alpha value is -2.51. The number of anilines is 1. The quantitative estimate of drug-likeness (QED) is 0.625. The van der Waals surface area contributed by atoms with Crippen LogP contribution in [0.25, 0.3) is 0 Å². The minimum Gasteiger partial charge on any atom is -0.367 e. The lowest BCUT2D eigenvalue weighted by atomic mass is 10.0. The van der Waals surface area contributed by atoms with Crippen molar-refractivity contribution in [2.45, 2.75) is 32.4 Å². The van der Waals surface area contributed by atoms with Gasteiger partial charge in [0.1, 0.15) is 5.82 Å². The highest BCUT2D eigenvalue weighted by Gasteiger charge is 2.33. The summed E-state index contributed by atoms with van der Waals surface area (Å²) in [5.41, 5.74) is 1.48. The van der Waals surface area contributed by atoms with Gasteiger partial charge in [0.2, 0.25) is 0 Å². The first-order valence-electron chi connectivity index (χ1n) is 10.1. The van der Waals surface area contributed by atoms with Gasteiger partial charge in [-0.3, -0.25) is 4.90 Å². The molecule has 0 unspecified atom stereocenters. The van der Waals surface area contributed by atoms with Gasteiger partial charge in [0.05, 0.1) is 17.3 Å². The first-order valence-corrected chi connectivity index (χ1v) is 10.5. The number of benzene rings is 2. The van der Waals surface area contributed by atoms with Gasteiger partial charge in [-0.2, -0.15) is 0 Å². The van der Waals surface area contributed by atoms with Crippen LogP contribution in [0, 0.1) is 5.82 Å². The van der Waals surface area contributed by atoms with Crippen molar-refractivity contribution < 1.29 is 4.39 Å². The number of piperazine rings is 1. The van der Waals surface area contributed by atoms with Crippen LogP contribution in [-0.2, 0) is 5.54 Å². The van der Waals surface area contributed by atoms with E-state index < -0.39 is 0 Å². The molecule has 1 atom stereocenters. The topological polar surface area (TPSA) is 50.1 Å². The highest BCUT2D eigenvalue weighted by atomic mass is 35.5. The van der Waals surface area contributed by atoms with Gasteiger partial charge >= 0.3 is 0 Å². The summed E-state index contributed by atoms with van der Waals surface area (Å²) in [5.74, 6) is 0.612. The minimum absolute atomic E-state index is 0.112. The Morgan fingerprint density at radius 1 is 0.967 bits per heavy atom. The first kappa shape index (κ1) is 20.8. The Labute approximate surface area is 181 Å². The maximum absolute atomic E-state index is 14.2. The number of rotatable bonds is 4. The average Bonchev–Trinajstić information content (AvgIpc) is 3.21. The molecule has 0 amide bonds. The Morgan fingerprint density at radius 3 is 2.27 bits per heavy atom. The molecule has 8 heteroatoms. The van der Waals surface area contributed by atoms with Gasteiger partial charge in [-0.05, 0) is 61.0 Å². The molecule has 1 aliphatic rings. The number of hydrogen-bond acceptors (Lipinski definition) is 5. The largest absolute Gasteiger partial charge is 0.367 e. The van der Waals surface area contributed by atoms with Crippen LogP contribution in [0.15, 0.2) is 48.5 Å². The fourth-order valence-electron chi connectivity index (χ4n) is 3.94. The van der Waals surface area contributed by atoms with Crippen LogP contribution in [-0.4, -0.2) is 51.3 Å². The van der Waals surface area contributed by atoms with E-state index in [0.29, 0.717) is 10.7 Å². The predicted octanol–water partition coefficient (Wildman–Crippen LogP) is 4.13. The summed E-state index contributed by atoms with van der Waals surface area (Å²) in [6.45, 7) is 9.23. The van der Waals surface area contributed by atoms with E-state index in [-0.39, 0.29) is 17.4 Å². The van der Waals surface area contributed by atoms with Crippen molar-refractivity contribution in [1.82, 2.24) is 25.1 Å². The molecule has 0 aliphatic carbocycles. The smallest absolute Gasteiger partial charge is 0.173 e. The maximum atomic E-state index is 14.2. The summed E-state index contributed by atoms with van der Waals surface area (Å²) >= 11 is 6.13. The molecule has 0 saturated carbocycles. The van der Waals surface area contributed by atoms with E-state index in [0.717, 1.165) is 37.6 Å². The summed E-state index contributed by atoms with van der Waals surface area (Å²) in [6, 6.07) is 14.7. The summed E-state index contributed by atoms with van der Waals surface area (Å²) in [5, 5.41) is 13.3. The van der Waals surface area contributed by atoms with E-state index in [1.54, 1.807) is 6.07 Å². The molecular weight excluding hydrogens is 403 g/mol. The Balaban J connectivity index is 1.64. The van der Waals surface area contributed by atoms with Crippen LogP contribution in [0.4, 0.5) is 10.1 Å². The van der Waals surface area contributed by atoms with Crippen molar-refractivity contribution in [2.75, 3.05) is 31.1 Å². The second-order valence-electron chi connectivity index (χ2n) is 8.55. The SMILES string of the molecule is CC(C)(C)n1nnnc1[C@@H](c1ccc(Cl)cc1)N1CCN(c2ccccc2F)CC1. The number of halogens is 2. The van der Waals surface area contributed by atoms with Gasteiger partial charge < -0.3 is 4.90 Å². The van der Waals surface area contributed by atoms with Crippen LogP contribution in [0.5, 0.6) is 0 Å². The fraction of sp³-hybridized carbons (Fsp3) is 0.409. The summed E-state index contributed by atoms with van der Waals surface area (Å²) in [6.07, 6.45) is 0. The molecule has 3 aromatic rings. The molecular formula is C22H26ClFN6. The standard InChI is InChI=1S/C22H26ClFN6/c1-22(2,3)30-21(25-26-27-30)20(16-8-10-17(23)11-9-16)29-14-12-28(13-15-29)19-7-5-4-6-18(19)24/h4-11,20H,12-15H2,1-3H3/t20-/m1/s1. The normalized spacial score (nSPS) is 16.6. The van der Waals surface area contributed by atoms with Crippen LogP contribution < -0.4 is 4.90 Å². The summed E-state index contributed by atoms with van der Waals surface area (Å²) < 4.78 is 16.1. The third kappa shape index (κ3) is 4.18. The lowest BCUT2D eigenvalue weighted by Gasteiger charge is -2.40. The number of tetrazole rings is 1. The molecule has 1 aromatic heterocycles. The average molecular weight is 429 g/mol. The van der Waals surface area contributed by atoms with Crippen LogP contribution in [0.1, 0.15) is 38.2 Å². The number of nitrogens with zero attached hydrogens (tertiary/aromatic N) is 6. The van der Waals surface area contributed by atoms with Gasteiger partial charge in [-0.1, -0.05) is 35.9 Å². The van der Waals surface area contributed by atoms with Crippen molar-refractivity contribution in [3.8, 4) is 0 Å². The molecule has 2 aromatic carbocycles. The molecule has 30 heavy (non-hydrogen) atoms. The molecule has 1 fully saturated rings. The van der Waals surface area contributed by atoms with E-state index in [1.807, 2.05) is 41.1 Å². The molecule has 1 saturated heterocycles. The minimum atomic E-state index is -0.251. The molecule has 4 rings (SSSR count). The van der Waals surface area contributed by atoms with Crippen LogP contribution >= 0.6 is 11.6 Å². The lowest BCUT2D eigenvalue weighted by molar-refractivity contribution is 0.191. The second-order valence-corrected chi connectivity index (χ2v) is 8.98. The molecule has 0 bridgehead atoms. The predicted molar refractivity (Wildman–Crippen MR) is 116 cm³/mol. The summed E-state index contributed by atoms with van der Waals surface area (Å²) in [7, 11) is 0. The molecule has 0 radical (unpaired) electrons. The Morgan fingerprint density at radius 2 is 1.63 bits per heavy atom. The zero-order valence-corrected chi connectivity index (χ0v) is 18.2. The molecule has 1 aliphatic heterocycles. The van der Waals surface area contributed by atoms with Gasteiger partial charge in [-0.15, -0.1) is 5.10 Å². The zero-order valence-electron chi connectivity index (χ0n) is 17.5. The van der Waals surface area contributed by atoms with Gasteiger partial charge in [0.15, 0.2) is 5.82 Å². The van der Waals surface area contributed by atoms with Crippen LogP contribution in [0.3, 0.4) is 0 Å². The monoisotopic (exact) mass is 428 g/mol. The maximum Gasteiger partial charge on any atom is 0.173 e. The van der Waals surface area contributed by atoms with Gasteiger partial charge in [0, 0.05) is 31.2 Å². The van der Waals surface area contributed by atoms with Gasteiger partial charge in [0.25, 0.3) is 0 Å². The van der Waals surface area contributed by atoms with Crippen molar-refractivity contribution >= 4 is 17.3 Å². The highest BCUT2D eigenvalue weighted by molar-refractivity contribution is 6.30. The first-order chi connectivity index (χ1) is 14.3. The number of para-hydroxylation sites is 1. The number of hydrogen-bond donors (Lipinski definition) is 0. The molecule has 158 valence electrons. The van der Waals surface area contributed by atoms with E-state index in [1.165, 1.54) is 6.07 Å². The van der Waals surface area contributed by atoms with E-state index >= 15 is 0 Å². The molecule has 2 heterocycles. The Kier molecular flexibility index (Phi) is 5.75. The molecule has 0 spiro atoms. The third-order valence-electron chi connectivity index (χ3n) is 5.43. The van der Waals surface area contributed by atoms with E-state index in [2.05, 4.69) is 46.1 Å². The third-order valence-corrected chi connectivity index (χ3v) is 5.68. The fourth-order valence-corrected chi connectivity index (χ4v) is 4.07. The zero-order chi connectivity index (χ0) is 21.3. The van der Waals surface area contributed by atoms with Gasteiger partial charge in [-0.25, -0.2) is 9.07 Å². The molecule has 0 N–H and O–H groups in total.